The van der Waals surface area contributed by atoms with Crippen LogP contribution >= 0.6 is 22.9 Å². The van der Waals surface area contributed by atoms with Gasteiger partial charge in [0.2, 0.25) is 0 Å². The van der Waals surface area contributed by atoms with E-state index in [0.29, 0.717) is 16.0 Å². The molecule has 108 valence electrons. The minimum absolute atomic E-state index is 0.217. The van der Waals surface area contributed by atoms with Gasteiger partial charge in [0.25, 0.3) is 5.56 Å². The molecule has 0 aliphatic rings. The maximum absolute atomic E-state index is 13.1. The Labute approximate surface area is 129 Å². The highest BCUT2D eigenvalue weighted by molar-refractivity contribution is 7.19. The Morgan fingerprint density at radius 2 is 2.00 bits per heavy atom. The molecule has 0 aliphatic carbocycles. The number of aromatic nitrogens is 2. The Morgan fingerprint density at radius 3 is 2.62 bits per heavy atom. The molecule has 0 bridgehead atoms. The molecule has 3 nitrogen and oxygen atoms in total. The first kappa shape index (κ1) is 14.2. The zero-order valence-corrected chi connectivity index (χ0v) is 13.0. The number of rotatable bonds is 2. The predicted molar refractivity (Wildman–Crippen MR) is 84.6 cm³/mol. The first-order valence-electron chi connectivity index (χ1n) is 6.40. The number of H-pyrrole nitrogens is 1. The topological polar surface area (TPSA) is 45.8 Å². The second kappa shape index (κ2) is 5.24. The smallest absolute Gasteiger partial charge is 0.260 e. The van der Waals surface area contributed by atoms with Crippen molar-refractivity contribution in [2.75, 3.05) is 0 Å². The second-order valence-electron chi connectivity index (χ2n) is 4.79. The molecule has 21 heavy (non-hydrogen) atoms. The lowest BCUT2D eigenvalue weighted by molar-refractivity contribution is 0.628. The monoisotopic (exact) mass is 322 g/mol. The summed E-state index contributed by atoms with van der Waals surface area (Å²) in [6.45, 7) is 3.68. The van der Waals surface area contributed by atoms with Crippen LogP contribution in [0.15, 0.2) is 29.1 Å². The third-order valence-electron chi connectivity index (χ3n) is 3.27. The Balaban J connectivity index is 2.31. The van der Waals surface area contributed by atoms with Gasteiger partial charge in [0.05, 0.1) is 10.8 Å². The number of nitrogens with one attached hydrogen (secondary N) is 1. The summed E-state index contributed by atoms with van der Waals surface area (Å²) >= 11 is 7.43. The van der Waals surface area contributed by atoms with E-state index in [1.54, 1.807) is 19.1 Å². The van der Waals surface area contributed by atoms with Crippen molar-refractivity contribution in [2.24, 2.45) is 0 Å². The number of thiophene rings is 1. The van der Waals surface area contributed by atoms with Gasteiger partial charge in [-0.05, 0) is 31.5 Å². The quantitative estimate of drug-likeness (QED) is 0.711. The molecule has 1 N–H and O–H groups in total. The summed E-state index contributed by atoms with van der Waals surface area (Å²) in [5, 5.41) is 0.170. The minimum Gasteiger partial charge on any atom is -0.309 e. The number of benzene rings is 1. The molecule has 0 radical (unpaired) electrons. The summed E-state index contributed by atoms with van der Waals surface area (Å²) in [4.78, 5) is 21.1. The van der Waals surface area contributed by atoms with E-state index in [0.717, 1.165) is 16.0 Å². The average molecular weight is 323 g/mol. The molecule has 1 unspecified atom stereocenters. The molecule has 0 aliphatic heterocycles. The lowest BCUT2D eigenvalue weighted by Gasteiger charge is -2.04. The van der Waals surface area contributed by atoms with Gasteiger partial charge in [-0.3, -0.25) is 4.79 Å². The van der Waals surface area contributed by atoms with Crippen LogP contribution < -0.4 is 5.56 Å². The Hall–Kier alpha value is -1.72. The van der Waals surface area contributed by atoms with Crippen LogP contribution in [-0.4, -0.2) is 9.97 Å². The molecule has 0 spiro atoms. The lowest BCUT2D eigenvalue weighted by Crippen LogP contribution is -2.11. The van der Waals surface area contributed by atoms with Crippen molar-refractivity contribution in [2.45, 2.75) is 19.2 Å². The number of fused-ring (bicyclic) bond motifs is 1. The van der Waals surface area contributed by atoms with Crippen LogP contribution in [0.3, 0.4) is 0 Å². The van der Waals surface area contributed by atoms with Crippen LogP contribution in [-0.2, 0) is 0 Å². The Kier molecular flexibility index (Phi) is 3.55. The van der Waals surface area contributed by atoms with Crippen molar-refractivity contribution in [3.8, 4) is 11.1 Å². The van der Waals surface area contributed by atoms with Gasteiger partial charge in [0, 0.05) is 10.4 Å². The van der Waals surface area contributed by atoms with Crippen LogP contribution in [0.2, 0.25) is 0 Å². The van der Waals surface area contributed by atoms with E-state index in [1.165, 1.54) is 23.5 Å². The second-order valence-corrected chi connectivity index (χ2v) is 6.65. The average Bonchev–Trinajstić information content (AvgIpc) is 2.76. The molecular formula is C15H12ClFN2OS. The van der Waals surface area contributed by atoms with Crippen molar-refractivity contribution < 1.29 is 4.39 Å². The fourth-order valence-electron chi connectivity index (χ4n) is 2.29. The largest absolute Gasteiger partial charge is 0.309 e. The summed E-state index contributed by atoms with van der Waals surface area (Å²) in [6.07, 6.45) is 0. The van der Waals surface area contributed by atoms with Gasteiger partial charge < -0.3 is 4.98 Å². The molecule has 3 aromatic rings. The summed E-state index contributed by atoms with van der Waals surface area (Å²) in [6, 6.07) is 6.10. The molecule has 3 rings (SSSR count). The minimum atomic E-state index is -0.362. The fraction of sp³-hybridized carbons (Fsp3) is 0.200. The SMILES string of the molecule is Cc1sc2nc(C(C)Cl)[nH]c(=O)c2c1-c1ccc(F)cc1. The third-order valence-corrected chi connectivity index (χ3v) is 4.47. The summed E-state index contributed by atoms with van der Waals surface area (Å²) in [5.41, 5.74) is 1.39. The number of hydrogen-bond acceptors (Lipinski definition) is 3. The van der Waals surface area contributed by atoms with Crippen LogP contribution in [0.4, 0.5) is 4.39 Å². The number of hydrogen-bond donors (Lipinski definition) is 1. The molecule has 2 aromatic heterocycles. The fourth-order valence-corrected chi connectivity index (χ4v) is 3.44. The summed E-state index contributed by atoms with van der Waals surface area (Å²) < 4.78 is 13.1. The van der Waals surface area contributed by atoms with Crippen molar-refractivity contribution in [3.63, 3.8) is 0 Å². The summed E-state index contributed by atoms with van der Waals surface area (Å²) in [5.74, 6) is 0.155. The van der Waals surface area contributed by atoms with Gasteiger partial charge in [0.15, 0.2) is 0 Å². The van der Waals surface area contributed by atoms with Crippen molar-refractivity contribution in [3.05, 3.63) is 51.1 Å². The van der Waals surface area contributed by atoms with Gasteiger partial charge >= 0.3 is 0 Å². The molecule has 2 heterocycles. The molecule has 6 heteroatoms. The lowest BCUT2D eigenvalue weighted by atomic mass is 10.0. The van der Waals surface area contributed by atoms with E-state index in [-0.39, 0.29) is 16.8 Å². The van der Waals surface area contributed by atoms with Crippen molar-refractivity contribution in [1.29, 1.82) is 0 Å². The van der Waals surface area contributed by atoms with Crippen LogP contribution in [0.5, 0.6) is 0 Å². The maximum atomic E-state index is 13.1. The van der Waals surface area contributed by atoms with Crippen LogP contribution in [0, 0.1) is 12.7 Å². The van der Waals surface area contributed by atoms with Crippen LogP contribution in [0.25, 0.3) is 21.3 Å². The highest BCUT2D eigenvalue weighted by atomic mass is 35.5. The van der Waals surface area contributed by atoms with E-state index >= 15 is 0 Å². The highest BCUT2D eigenvalue weighted by Gasteiger charge is 2.17. The molecule has 0 saturated heterocycles. The van der Waals surface area contributed by atoms with E-state index in [9.17, 15) is 9.18 Å². The molecule has 0 fully saturated rings. The zero-order chi connectivity index (χ0) is 15.1. The van der Waals surface area contributed by atoms with E-state index in [4.69, 9.17) is 11.6 Å². The number of aromatic amines is 1. The number of alkyl halides is 1. The predicted octanol–water partition coefficient (Wildman–Crippen LogP) is 4.40. The molecular weight excluding hydrogens is 311 g/mol. The van der Waals surface area contributed by atoms with Gasteiger partial charge in [0.1, 0.15) is 16.5 Å². The highest BCUT2D eigenvalue weighted by Crippen LogP contribution is 2.35. The van der Waals surface area contributed by atoms with Gasteiger partial charge in [-0.25, -0.2) is 9.37 Å². The standard InChI is InChI=1S/C15H12ClFN2OS/c1-7(16)13-18-14(20)12-11(8(2)21-15(12)19-13)9-3-5-10(17)6-4-9/h3-7H,1-2H3,(H,18,19,20). The third kappa shape index (κ3) is 2.47. The summed E-state index contributed by atoms with van der Waals surface area (Å²) in [7, 11) is 0. The first-order valence-corrected chi connectivity index (χ1v) is 7.66. The van der Waals surface area contributed by atoms with Gasteiger partial charge in [-0.2, -0.15) is 0 Å². The first-order chi connectivity index (χ1) is 9.97. The number of aryl methyl sites for hydroxylation is 1. The van der Waals surface area contributed by atoms with Crippen molar-refractivity contribution in [1.82, 2.24) is 9.97 Å². The van der Waals surface area contributed by atoms with E-state index in [1.807, 2.05) is 6.92 Å². The number of nitrogens with zero attached hydrogens (tertiary/aromatic N) is 1. The van der Waals surface area contributed by atoms with E-state index in [2.05, 4.69) is 9.97 Å². The molecule has 0 saturated carbocycles. The zero-order valence-electron chi connectivity index (χ0n) is 11.4. The Bertz CT molecular complexity index is 868. The van der Waals surface area contributed by atoms with E-state index < -0.39 is 0 Å². The number of halogens is 2. The molecule has 1 aromatic carbocycles. The Morgan fingerprint density at radius 1 is 1.33 bits per heavy atom. The van der Waals surface area contributed by atoms with Gasteiger partial charge in [-0.1, -0.05) is 12.1 Å². The normalized spacial score (nSPS) is 12.8. The van der Waals surface area contributed by atoms with Crippen molar-refractivity contribution >= 4 is 33.2 Å². The van der Waals surface area contributed by atoms with Gasteiger partial charge in [-0.15, -0.1) is 22.9 Å². The maximum Gasteiger partial charge on any atom is 0.260 e. The van der Waals surface area contributed by atoms with Crippen LogP contribution in [0.1, 0.15) is 23.0 Å². The molecule has 0 amide bonds. The molecule has 1 atom stereocenters.